The molecule has 0 fully saturated rings. The number of nitrogens with one attached hydrogen (secondary N) is 1. The van der Waals surface area contributed by atoms with Crippen LogP contribution in [0.1, 0.15) is 5.56 Å². The summed E-state index contributed by atoms with van der Waals surface area (Å²) < 4.78 is 2.34. The van der Waals surface area contributed by atoms with Gasteiger partial charge in [-0.15, -0.1) is 11.8 Å². The Hall–Kier alpha value is -2.38. The molecule has 1 aromatic rings. The first-order valence-corrected chi connectivity index (χ1v) is 10.4. The Morgan fingerprint density at radius 3 is 2.93 bits per heavy atom. The van der Waals surface area contributed by atoms with Gasteiger partial charge in [0.05, 0.1) is 15.6 Å². The van der Waals surface area contributed by atoms with Crippen LogP contribution in [0.2, 0.25) is 0 Å². The largest absolute Gasteiger partial charge is 0.361 e. The van der Waals surface area contributed by atoms with Crippen LogP contribution in [-0.2, 0) is 17.3 Å². The van der Waals surface area contributed by atoms with E-state index in [4.69, 9.17) is 0 Å². The number of hydrogen-bond donors (Lipinski definition) is 1. The van der Waals surface area contributed by atoms with Gasteiger partial charge in [-0.3, -0.25) is 14.6 Å². The van der Waals surface area contributed by atoms with Crippen molar-refractivity contribution in [3.63, 3.8) is 0 Å². The van der Waals surface area contributed by atoms with E-state index in [1.165, 1.54) is 11.8 Å². The first-order chi connectivity index (χ1) is 13.0. The molecule has 1 spiro atoms. The number of pyridine rings is 1. The average Bonchev–Trinajstić information content (AvgIpc) is 2.99. The SMILES string of the molecule is CSC1=CC(=O)C(Br)=CC12C=CN=c1c2c2[nH]ccc3cn(C)c(c3-2)c1=O. The molecular formula is C20H14BrN3O2S. The number of aromatic nitrogens is 2. The number of ketones is 1. The molecule has 0 amide bonds. The van der Waals surface area contributed by atoms with Gasteiger partial charge in [-0.05, 0) is 46.5 Å². The van der Waals surface area contributed by atoms with Crippen molar-refractivity contribution in [2.75, 3.05) is 6.26 Å². The monoisotopic (exact) mass is 439 g/mol. The van der Waals surface area contributed by atoms with Crippen molar-refractivity contribution in [3.8, 4) is 11.3 Å². The number of H-pyrrole nitrogens is 1. The number of allylic oxidation sites excluding steroid dienone is 5. The van der Waals surface area contributed by atoms with Gasteiger partial charge in [-0.1, -0.05) is 0 Å². The van der Waals surface area contributed by atoms with Gasteiger partial charge in [0.25, 0.3) is 0 Å². The topological polar surface area (TPSA) is 67.2 Å². The zero-order valence-electron chi connectivity index (χ0n) is 14.5. The highest BCUT2D eigenvalue weighted by atomic mass is 79.9. The molecule has 134 valence electrons. The molecule has 2 aliphatic carbocycles. The van der Waals surface area contributed by atoms with E-state index in [2.05, 4.69) is 25.9 Å². The van der Waals surface area contributed by atoms with Crippen LogP contribution in [0.3, 0.4) is 0 Å². The first-order valence-electron chi connectivity index (χ1n) is 8.35. The van der Waals surface area contributed by atoms with E-state index in [0.29, 0.717) is 15.4 Å². The predicted molar refractivity (Wildman–Crippen MR) is 111 cm³/mol. The minimum absolute atomic E-state index is 0.0761. The number of benzene rings is 1. The van der Waals surface area contributed by atoms with E-state index in [9.17, 15) is 9.59 Å². The van der Waals surface area contributed by atoms with E-state index in [-0.39, 0.29) is 11.2 Å². The Morgan fingerprint density at radius 2 is 2.15 bits per heavy atom. The Balaban J connectivity index is 2.02. The third kappa shape index (κ3) is 2.04. The van der Waals surface area contributed by atoms with Gasteiger partial charge in [-0.2, -0.15) is 0 Å². The van der Waals surface area contributed by atoms with E-state index < -0.39 is 5.41 Å². The van der Waals surface area contributed by atoms with Crippen LogP contribution < -0.4 is 10.8 Å². The maximum absolute atomic E-state index is 13.3. The number of rotatable bonds is 1. The molecule has 0 saturated heterocycles. The highest BCUT2D eigenvalue weighted by molar-refractivity contribution is 9.12. The summed E-state index contributed by atoms with van der Waals surface area (Å²) in [4.78, 5) is 34.3. The van der Waals surface area contributed by atoms with E-state index in [1.807, 2.05) is 48.5 Å². The third-order valence-electron chi connectivity index (χ3n) is 5.30. The summed E-state index contributed by atoms with van der Waals surface area (Å²) in [5.74, 6) is -0.0761. The standard InChI is InChI=1S/C20H14BrN3O2S/c1-24-9-10-3-5-22-16-14(10)18(24)19(26)17-15(16)20(4-6-23-17)8-11(21)12(25)7-13(20)27-2/h3-9,22H,1-2H3. The van der Waals surface area contributed by atoms with Crippen molar-refractivity contribution in [1.29, 1.82) is 0 Å². The van der Waals surface area contributed by atoms with Crippen LogP contribution in [0.25, 0.3) is 22.2 Å². The molecule has 2 aliphatic heterocycles. The van der Waals surface area contributed by atoms with Gasteiger partial charge < -0.3 is 9.55 Å². The molecule has 5 nitrogen and oxygen atoms in total. The third-order valence-corrected chi connectivity index (χ3v) is 6.82. The lowest BCUT2D eigenvalue weighted by molar-refractivity contribution is -0.110. The summed E-state index contributed by atoms with van der Waals surface area (Å²) >= 11 is 4.90. The van der Waals surface area contributed by atoms with Crippen molar-refractivity contribution < 1.29 is 4.79 Å². The summed E-state index contributed by atoms with van der Waals surface area (Å²) in [6, 6.07) is 1.96. The van der Waals surface area contributed by atoms with Crippen molar-refractivity contribution in [3.05, 3.63) is 73.4 Å². The number of fused-ring (bicyclic) bond motifs is 3. The van der Waals surface area contributed by atoms with Crippen molar-refractivity contribution in [1.82, 2.24) is 9.55 Å². The number of halogens is 1. The van der Waals surface area contributed by atoms with Crippen LogP contribution in [0.15, 0.2) is 62.1 Å². The molecule has 0 aromatic carbocycles. The highest BCUT2D eigenvalue weighted by Gasteiger charge is 2.42. The molecular weight excluding hydrogens is 426 g/mol. The number of carbonyl (C=O) groups is 1. The Kier molecular flexibility index (Phi) is 3.45. The first kappa shape index (κ1) is 16.8. The molecule has 0 saturated carbocycles. The zero-order chi connectivity index (χ0) is 18.9. The molecule has 0 bridgehead atoms. The summed E-state index contributed by atoms with van der Waals surface area (Å²) in [5.41, 5.74) is 2.39. The van der Waals surface area contributed by atoms with E-state index in [1.54, 1.807) is 12.3 Å². The lowest BCUT2D eigenvalue weighted by Crippen LogP contribution is -2.42. The lowest BCUT2D eigenvalue weighted by Gasteiger charge is -2.35. The molecule has 1 N–H and O–H groups in total. The number of hydrogen-bond acceptors (Lipinski definition) is 4. The van der Waals surface area contributed by atoms with Crippen LogP contribution in [0.5, 0.6) is 0 Å². The maximum Gasteiger partial charge on any atom is 0.228 e. The van der Waals surface area contributed by atoms with Crippen LogP contribution in [0, 0.1) is 0 Å². The minimum Gasteiger partial charge on any atom is -0.361 e. The van der Waals surface area contributed by atoms with E-state index in [0.717, 1.165) is 27.1 Å². The quantitative estimate of drug-likeness (QED) is 0.632. The summed E-state index contributed by atoms with van der Waals surface area (Å²) in [6.45, 7) is 0. The second-order valence-electron chi connectivity index (χ2n) is 6.71. The van der Waals surface area contributed by atoms with Crippen molar-refractivity contribution in [2.45, 2.75) is 5.41 Å². The predicted octanol–water partition coefficient (Wildman–Crippen LogP) is 3.18. The molecule has 5 rings (SSSR count). The van der Waals surface area contributed by atoms with Crippen LogP contribution in [0.4, 0.5) is 0 Å². The average molecular weight is 440 g/mol. The molecule has 0 radical (unpaired) electrons. The van der Waals surface area contributed by atoms with Gasteiger partial charge in [0.15, 0.2) is 5.78 Å². The van der Waals surface area contributed by atoms with Crippen molar-refractivity contribution >= 4 is 44.4 Å². The van der Waals surface area contributed by atoms with Gasteiger partial charge in [0, 0.05) is 47.1 Å². The second kappa shape index (κ2) is 5.56. The molecule has 7 heteroatoms. The number of aryl methyl sites for hydroxylation is 1. The Morgan fingerprint density at radius 1 is 1.33 bits per heavy atom. The number of nitrogens with zero attached hydrogens (tertiary/aromatic N) is 2. The smallest absolute Gasteiger partial charge is 0.228 e. The van der Waals surface area contributed by atoms with Crippen LogP contribution in [-0.4, -0.2) is 21.6 Å². The highest BCUT2D eigenvalue weighted by Crippen LogP contribution is 2.48. The maximum atomic E-state index is 13.3. The summed E-state index contributed by atoms with van der Waals surface area (Å²) in [5, 5.41) is 1.41. The normalized spacial score (nSPS) is 21.5. The fourth-order valence-electron chi connectivity index (χ4n) is 4.18. The minimum atomic E-state index is -0.711. The van der Waals surface area contributed by atoms with Gasteiger partial charge >= 0.3 is 0 Å². The van der Waals surface area contributed by atoms with Gasteiger partial charge in [0.1, 0.15) is 10.9 Å². The summed E-state index contributed by atoms with van der Waals surface area (Å²) in [6.07, 6.45) is 12.9. The van der Waals surface area contributed by atoms with Gasteiger partial charge in [0.2, 0.25) is 5.43 Å². The zero-order valence-corrected chi connectivity index (χ0v) is 16.9. The lowest BCUT2D eigenvalue weighted by atomic mass is 9.73. The molecule has 4 aliphatic rings. The molecule has 1 unspecified atom stereocenters. The van der Waals surface area contributed by atoms with Crippen molar-refractivity contribution in [2.24, 2.45) is 12.0 Å². The molecule has 1 atom stereocenters. The Bertz CT molecular complexity index is 1330. The fraction of sp³-hybridized carbons (Fsp3) is 0.150. The summed E-state index contributed by atoms with van der Waals surface area (Å²) in [7, 11) is 1.87. The number of thioether (sulfide) groups is 1. The Labute approximate surface area is 167 Å². The molecule has 1 aromatic heterocycles. The van der Waals surface area contributed by atoms with Gasteiger partial charge in [-0.25, -0.2) is 0 Å². The number of aromatic amines is 1. The molecule has 27 heavy (non-hydrogen) atoms. The second-order valence-corrected chi connectivity index (χ2v) is 8.41. The molecule has 3 heterocycles. The van der Waals surface area contributed by atoms with Crippen LogP contribution >= 0.6 is 27.7 Å². The van der Waals surface area contributed by atoms with E-state index >= 15 is 0 Å². The fourth-order valence-corrected chi connectivity index (χ4v) is 5.45. The number of carbonyl (C=O) groups excluding carboxylic acids is 1.